The maximum Gasteiger partial charge on any atom is 0.411 e. The third-order valence-electron chi connectivity index (χ3n) is 6.91. The van der Waals surface area contributed by atoms with E-state index in [0.29, 0.717) is 35.0 Å². The van der Waals surface area contributed by atoms with Crippen molar-refractivity contribution >= 4 is 35.2 Å². The number of amides is 3. The van der Waals surface area contributed by atoms with Crippen LogP contribution in [0.4, 0.5) is 10.5 Å². The van der Waals surface area contributed by atoms with E-state index in [1.165, 1.54) is 4.90 Å². The van der Waals surface area contributed by atoms with E-state index < -0.39 is 18.2 Å². The number of ether oxygens (including phenoxy) is 2. The molecule has 3 unspecified atom stereocenters. The molecule has 8 nitrogen and oxygen atoms in total. The Hall–Kier alpha value is -3.88. The molecule has 2 saturated heterocycles. The van der Waals surface area contributed by atoms with Gasteiger partial charge in [-0.3, -0.25) is 14.5 Å². The van der Waals surface area contributed by atoms with Gasteiger partial charge in [-0.05, 0) is 67.3 Å². The normalized spacial score (nSPS) is 20.5. The number of cyclic esters (lactones) is 1. The highest BCUT2D eigenvalue weighted by atomic mass is 35.5. The van der Waals surface area contributed by atoms with E-state index in [1.54, 1.807) is 54.6 Å². The van der Waals surface area contributed by atoms with Gasteiger partial charge in [-0.1, -0.05) is 53.6 Å². The summed E-state index contributed by atoms with van der Waals surface area (Å²) in [7, 11) is 0. The van der Waals surface area contributed by atoms with Crippen LogP contribution in [0.15, 0.2) is 72.8 Å². The van der Waals surface area contributed by atoms with Crippen molar-refractivity contribution in [2.45, 2.75) is 44.6 Å². The van der Waals surface area contributed by atoms with Gasteiger partial charge in [0.15, 0.2) is 12.1 Å². The summed E-state index contributed by atoms with van der Waals surface area (Å²) in [5.74, 6) is -0.596. The van der Waals surface area contributed by atoms with Crippen molar-refractivity contribution in [3.05, 3.63) is 100 Å². The number of halogens is 1. The standard InChI is InChI=1S/C30H30ClN3O5/c1-19-10-12-21(13-11-19)28(35)33-24-8-3-6-22(16-24)27-26(29(36)32-17-25-9-4-14-38-25)34(30(37)39-27)18-20-5-2-7-23(31)15-20/h2-3,5-8,10-13,15-16,25-27H,4,9,14,17-18H2,1H3,(H,32,36)(H,33,35). The highest BCUT2D eigenvalue weighted by Gasteiger charge is 2.47. The van der Waals surface area contributed by atoms with Crippen LogP contribution >= 0.6 is 11.6 Å². The zero-order valence-corrected chi connectivity index (χ0v) is 22.3. The molecule has 2 aliphatic rings. The topological polar surface area (TPSA) is 97.0 Å². The third kappa shape index (κ3) is 6.41. The van der Waals surface area contributed by atoms with Crippen molar-refractivity contribution in [2.75, 3.05) is 18.5 Å². The van der Waals surface area contributed by atoms with E-state index in [4.69, 9.17) is 21.1 Å². The molecule has 2 N–H and O–H groups in total. The number of benzene rings is 3. The van der Waals surface area contributed by atoms with E-state index >= 15 is 0 Å². The average molecular weight is 548 g/mol. The molecular weight excluding hydrogens is 518 g/mol. The number of anilines is 1. The van der Waals surface area contributed by atoms with E-state index in [9.17, 15) is 14.4 Å². The van der Waals surface area contributed by atoms with Crippen molar-refractivity contribution in [3.8, 4) is 0 Å². The molecule has 39 heavy (non-hydrogen) atoms. The molecule has 2 heterocycles. The molecule has 0 aliphatic carbocycles. The van der Waals surface area contributed by atoms with Crippen LogP contribution in [-0.4, -0.2) is 48.1 Å². The lowest BCUT2D eigenvalue weighted by Crippen LogP contribution is -2.47. The minimum Gasteiger partial charge on any atom is -0.438 e. The minimum atomic E-state index is -0.930. The number of carbonyl (C=O) groups is 3. The zero-order valence-electron chi connectivity index (χ0n) is 21.6. The Kier molecular flexibility index (Phi) is 8.14. The van der Waals surface area contributed by atoms with Crippen LogP contribution in [0.5, 0.6) is 0 Å². The second-order valence-electron chi connectivity index (χ2n) is 9.83. The first-order valence-corrected chi connectivity index (χ1v) is 13.3. The molecule has 2 aliphatic heterocycles. The molecule has 202 valence electrons. The lowest BCUT2D eigenvalue weighted by atomic mass is 10.00. The monoisotopic (exact) mass is 547 g/mol. The van der Waals surface area contributed by atoms with Crippen molar-refractivity contribution in [1.82, 2.24) is 10.2 Å². The van der Waals surface area contributed by atoms with Gasteiger partial charge in [0, 0.05) is 29.4 Å². The molecule has 0 aromatic heterocycles. The molecule has 2 fully saturated rings. The number of carbonyl (C=O) groups excluding carboxylic acids is 3. The lowest BCUT2D eigenvalue weighted by molar-refractivity contribution is -0.126. The molecule has 0 bridgehead atoms. The van der Waals surface area contributed by atoms with Gasteiger partial charge in [0.1, 0.15) is 0 Å². The highest BCUT2D eigenvalue weighted by Crippen LogP contribution is 2.35. The lowest BCUT2D eigenvalue weighted by Gasteiger charge is -2.25. The first-order valence-electron chi connectivity index (χ1n) is 13.0. The fourth-order valence-corrected chi connectivity index (χ4v) is 5.08. The summed E-state index contributed by atoms with van der Waals surface area (Å²) in [6.45, 7) is 3.14. The second kappa shape index (κ2) is 11.9. The van der Waals surface area contributed by atoms with Crippen LogP contribution in [0.1, 0.15) is 46.0 Å². The Bertz CT molecular complexity index is 1360. The van der Waals surface area contributed by atoms with E-state index in [2.05, 4.69) is 10.6 Å². The minimum absolute atomic E-state index is 0.0490. The van der Waals surface area contributed by atoms with Crippen LogP contribution in [0.3, 0.4) is 0 Å². The van der Waals surface area contributed by atoms with Gasteiger partial charge in [0.2, 0.25) is 5.91 Å². The van der Waals surface area contributed by atoms with Crippen LogP contribution in [0.25, 0.3) is 0 Å². The number of hydrogen-bond acceptors (Lipinski definition) is 5. The fraction of sp³-hybridized carbons (Fsp3) is 0.300. The summed E-state index contributed by atoms with van der Waals surface area (Å²) in [6, 6.07) is 20.5. The molecule has 3 aromatic rings. The Labute approximate surface area is 232 Å². The van der Waals surface area contributed by atoms with Gasteiger partial charge in [0.25, 0.3) is 5.91 Å². The SMILES string of the molecule is Cc1ccc(C(=O)Nc2cccc(C3OC(=O)N(Cc4cccc(Cl)c4)C3C(=O)NCC3CCCO3)c2)cc1. The van der Waals surface area contributed by atoms with Gasteiger partial charge in [0.05, 0.1) is 12.6 Å². The van der Waals surface area contributed by atoms with E-state index in [-0.39, 0.29) is 24.5 Å². The number of aryl methyl sites for hydroxylation is 1. The summed E-state index contributed by atoms with van der Waals surface area (Å²) >= 11 is 6.16. The van der Waals surface area contributed by atoms with Gasteiger partial charge in [-0.25, -0.2) is 4.79 Å². The first kappa shape index (κ1) is 26.7. The predicted octanol–water partition coefficient (Wildman–Crippen LogP) is 5.26. The fourth-order valence-electron chi connectivity index (χ4n) is 4.87. The molecule has 3 aromatic carbocycles. The first-order chi connectivity index (χ1) is 18.9. The Morgan fingerprint density at radius 1 is 1.05 bits per heavy atom. The van der Waals surface area contributed by atoms with Gasteiger partial charge in [-0.15, -0.1) is 0 Å². The highest BCUT2D eigenvalue weighted by molar-refractivity contribution is 6.30. The number of hydrogen-bond donors (Lipinski definition) is 2. The van der Waals surface area contributed by atoms with Crippen LogP contribution < -0.4 is 10.6 Å². The van der Waals surface area contributed by atoms with E-state index in [0.717, 1.165) is 24.0 Å². The number of nitrogens with zero attached hydrogens (tertiary/aromatic N) is 1. The van der Waals surface area contributed by atoms with Crippen molar-refractivity contribution in [1.29, 1.82) is 0 Å². The van der Waals surface area contributed by atoms with Crippen LogP contribution in [0, 0.1) is 6.92 Å². The van der Waals surface area contributed by atoms with Crippen molar-refractivity contribution in [3.63, 3.8) is 0 Å². The van der Waals surface area contributed by atoms with Crippen molar-refractivity contribution < 1.29 is 23.9 Å². The van der Waals surface area contributed by atoms with Crippen molar-refractivity contribution in [2.24, 2.45) is 0 Å². The maximum atomic E-state index is 13.5. The molecule has 0 spiro atoms. The van der Waals surface area contributed by atoms with Gasteiger partial charge < -0.3 is 20.1 Å². The summed E-state index contributed by atoms with van der Waals surface area (Å²) < 4.78 is 11.4. The molecule has 3 amide bonds. The molecule has 5 rings (SSSR count). The van der Waals surface area contributed by atoms with Crippen LogP contribution in [-0.2, 0) is 20.8 Å². The Morgan fingerprint density at radius 2 is 1.85 bits per heavy atom. The largest absolute Gasteiger partial charge is 0.438 e. The molecule has 0 radical (unpaired) electrons. The summed E-state index contributed by atoms with van der Waals surface area (Å²) in [5, 5.41) is 6.38. The number of nitrogens with one attached hydrogen (secondary N) is 2. The van der Waals surface area contributed by atoms with Gasteiger partial charge in [-0.2, -0.15) is 0 Å². The Morgan fingerprint density at radius 3 is 2.59 bits per heavy atom. The maximum absolute atomic E-state index is 13.5. The summed E-state index contributed by atoms with van der Waals surface area (Å²) in [4.78, 5) is 40.8. The third-order valence-corrected chi connectivity index (χ3v) is 7.15. The van der Waals surface area contributed by atoms with Gasteiger partial charge >= 0.3 is 6.09 Å². The molecule has 3 atom stereocenters. The summed E-state index contributed by atoms with van der Waals surface area (Å²) in [5.41, 5.74) is 3.48. The summed E-state index contributed by atoms with van der Waals surface area (Å²) in [6.07, 6.45) is 0.297. The van der Waals surface area contributed by atoms with E-state index in [1.807, 2.05) is 25.1 Å². The average Bonchev–Trinajstić information content (AvgIpc) is 3.56. The molecular formula is C30H30ClN3O5. The Balaban J connectivity index is 1.38. The molecule has 0 saturated carbocycles. The smallest absolute Gasteiger partial charge is 0.411 e. The number of rotatable bonds is 8. The quantitative estimate of drug-likeness (QED) is 0.401. The zero-order chi connectivity index (χ0) is 27.4. The molecule has 9 heteroatoms. The van der Waals surface area contributed by atoms with Crippen LogP contribution in [0.2, 0.25) is 5.02 Å². The predicted molar refractivity (Wildman–Crippen MR) is 148 cm³/mol. The second-order valence-corrected chi connectivity index (χ2v) is 10.3.